The maximum atomic E-state index is 5.92. The normalized spacial score (nSPS) is 11.6. The first-order valence-corrected chi connectivity index (χ1v) is 8.04. The smallest absolute Gasteiger partial charge is 0.212 e. The lowest BCUT2D eigenvalue weighted by Crippen LogP contribution is -2.04. The average Bonchev–Trinajstić information content (AvgIpc) is 3.19. The molecular weight excluding hydrogens is 314 g/mol. The van der Waals surface area contributed by atoms with Crippen LogP contribution in [0.2, 0.25) is 0 Å². The summed E-state index contributed by atoms with van der Waals surface area (Å²) in [7, 11) is 1.65. The minimum absolute atomic E-state index is 0.500. The van der Waals surface area contributed by atoms with Crippen LogP contribution in [0.15, 0.2) is 34.9 Å². The van der Waals surface area contributed by atoms with Crippen LogP contribution in [-0.4, -0.2) is 34.9 Å². The second-order valence-electron chi connectivity index (χ2n) is 5.09. The zero-order chi connectivity index (χ0) is 15.8. The van der Waals surface area contributed by atoms with Crippen molar-refractivity contribution in [3.63, 3.8) is 0 Å². The van der Waals surface area contributed by atoms with E-state index in [1.807, 2.05) is 37.4 Å². The van der Waals surface area contributed by atoms with Gasteiger partial charge in [-0.25, -0.2) is 9.50 Å². The van der Waals surface area contributed by atoms with E-state index >= 15 is 0 Å². The van der Waals surface area contributed by atoms with Crippen LogP contribution < -0.4 is 4.74 Å². The summed E-state index contributed by atoms with van der Waals surface area (Å²) >= 11 is 1.55. The fourth-order valence-electron chi connectivity index (χ4n) is 2.44. The van der Waals surface area contributed by atoms with E-state index in [1.54, 1.807) is 23.0 Å². The first-order valence-electron chi connectivity index (χ1n) is 7.22. The van der Waals surface area contributed by atoms with E-state index in [4.69, 9.17) is 13.9 Å². The van der Waals surface area contributed by atoms with Gasteiger partial charge in [-0.3, -0.25) is 0 Å². The second-order valence-corrected chi connectivity index (χ2v) is 6.25. The number of ether oxygens (including phenoxy) is 2. The molecule has 0 N–H and O–H groups in total. The molecule has 0 atom stereocenters. The highest BCUT2D eigenvalue weighted by atomic mass is 32.1. The molecule has 118 valence electrons. The fraction of sp³-hybridized carbons (Fsp3) is 0.250. The van der Waals surface area contributed by atoms with Gasteiger partial charge in [0.25, 0.3) is 0 Å². The molecule has 0 fully saturated rings. The van der Waals surface area contributed by atoms with Gasteiger partial charge in [-0.1, -0.05) is 17.4 Å². The molecule has 1 aromatic carbocycles. The molecular formula is C16H15N3O3S. The summed E-state index contributed by atoms with van der Waals surface area (Å²) in [5, 5.41) is 6.29. The number of benzene rings is 1. The molecule has 0 aliphatic heterocycles. The Morgan fingerprint density at radius 3 is 3.04 bits per heavy atom. The van der Waals surface area contributed by atoms with Crippen LogP contribution in [-0.2, 0) is 4.74 Å². The number of nitrogens with zero attached hydrogens (tertiary/aromatic N) is 3. The van der Waals surface area contributed by atoms with Crippen molar-refractivity contribution in [3.8, 4) is 17.2 Å². The standard InChI is InChI=1S/C16H15N3O3S/c1-10-18-19-9-12(17-16(19)23-10)15-8-11-13(21-7-6-20-2)4-3-5-14(11)22-15/h3-5,8-9H,6-7H2,1-2H3. The number of rotatable bonds is 5. The Balaban J connectivity index is 1.72. The quantitative estimate of drug-likeness (QED) is 0.524. The number of aryl methyl sites for hydroxylation is 1. The summed E-state index contributed by atoms with van der Waals surface area (Å²) in [5.41, 5.74) is 1.54. The average molecular weight is 329 g/mol. The second kappa shape index (κ2) is 5.68. The zero-order valence-electron chi connectivity index (χ0n) is 12.8. The predicted molar refractivity (Wildman–Crippen MR) is 88.2 cm³/mol. The topological polar surface area (TPSA) is 61.8 Å². The van der Waals surface area contributed by atoms with Gasteiger partial charge >= 0.3 is 0 Å². The van der Waals surface area contributed by atoms with Crippen LogP contribution in [0.5, 0.6) is 5.75 Å². The summed E-state index contributed by atoms with van der Waals surface area (Å²) < 4.78 is 18.5. The zero-order valence-corrected chi connectivity index (χ0v) is 13.6. The van der Waals surface area contributed by atoms with Gasteiger partial charge in [0.1, 0.15) is 28.6 Å². The Hall–Kier alpha value is -2.38. The van der Waals surface area contributed by atoms with Gasteiger partial charge in [0.2, 0.25) is 4.96 Å². The van der Waals surface area contributed by atoms with Gasteiger partial charge < -0.3 is 13.9 Å². The lowest BCUT2D eigenvalue weighted by molar-refractivity contribution is 0.147. The lowest BCUT2D eigenvalue weighted by atomic mass is 10.2. The van der Waals surface area contributed by atoms with E-state index in [-0.39, 0.29) is 0 Å². The summed E-state index contributed by atoms with van der Waals surface area (Å²) in [6.07, 6.45) is 1.88. The third kappa shape index (κ3) is 2.58. The Morgan fingerprint density at radius 2 is 2.22 bits per heavy atom. The Morgan fingerprint density at radius 1 is 1.30 bits per heavy atom. The molecule has 6 nitrogen and oxygen atoms in total. The third-order valence-electron chi connectivity index (χ3n) is 3.46. The van der Waals surface area contributed by atoms with Gasteiger partial charge in [-0.05, 0) is 25.1 Å². The first kappa shape index (κ1) is 14.2. The summed E-state index contributed by atoms with van der Waals surface area (Å²) in [4.78, 5) is 5.42. The minimum Gasteiger partial charge on any atom is -0.490 e. The molecule has 0 bridgehead atoms. The van der Waals surface area contributed by atoms with E-state index in [9.17, 15) is 0 Å². The van der Waals surface area contributed by atoms with Gasteiger partial charge in [-0.15, -0.1) is 0 Å². The van der Waals surface area contributed by atoms with Crippen molar-refractivity contribution in [2.45, 2.75) is 6.92 Å². The molecule has 0 spiro atoms. The molecule has 4 aromatic rings. The van der Waals surface area contributed by atoms with E-state index in [0.717, 1.165) is 32.4 Å². The molecule has 4 rings (SSSR count). The van der Waals surface area contributed by atoms with Gasteiger partial charge in [0.15, 0.2) is 5.76 Å². The van der Waals surface area contributed by atoms with Crippen molar-refractivity contribution < 1.29 is 13.9 Å². The number of methoxy groups -OCH3 is 1. The fourth-order valence-corrected chi connectivity index (χ4v) is 3.16. The van der Waals surface area contributed by atoms with Gasteiger partial charge in [0, 0.05) is 7.11 Å². The monoisotopic (exact) mass is 329 g/mol. The van der Waals surface area contributed by atoms with E-state index in [2.05, 4.69) is 10.1 Å². The highest BCUT2D eigenvalue weighted by molar-refractivity contribution is 7.16. The molecule has 0 amide bonds. The molecule has 3 aromatic heterocycles. The van der Waals surface area contributed by atoms with Crippen LogP contribution in [0.1, 0.15) is 5.01 Å². The van der Waals surface area contributed by atoms with Crippen LogP contribution in [0.25, 0.3) is 27.4 Å². The maximum Gasteiger partial charge on any atom is 0.212 e. The number of aromatic nitrogens is 3. The van der Waals surface area contributed by atoms with Crippen LogP contribution >= 0.6 is 11.3 Å². The van der Waals surface area contributed by atoms with E-state index < -0.39 is 0 Å². The van der Waals surface area contributed by atoms with Crippen LogP contribution in [0.4, 0.5) is 0 Å². The highest BCUT2D eigenvalue weighted by Crippen LogP contribution is 2.33. The Kier molecular flexibility index (Phi) is 3.51. The molecule has 0 saturated heterocycles. The minimum atomic E-state index is 0.500. The number of hydrogen-bond acceptors (Lipinski definition) is 6. The molecule has 23 heavy (non-hydrogen) atoms. The summed E-state index contributed by atoms with van der Waals surface area (Å²) in [5.74, 6) is 1.49. The van der Waals surface area contributed by atoms with Gasteiger partial charge in [-0.2, -0.15) is 5.10 Å². The summed E-state index contributed by atoms with van der Waals surface area (Å²) in [6.45, 7) is 3.01. The van der Waals surface area contributed by atoms with Crippen molar-refractivity contribution in [2.75, 3.05) is 20.3 Å². The molecule has 7 heteroatoms. The van der Waals surface area contributed by atoms with Crippen molar-refractivity contribution in [1.82, 2.24) is 14.6 Å². The lowest BCUT2D eigenvalue weighted by Gasteiger charge is -2.05. The van der Waals surface area contributed by atoms with Crippen LogP contribution in [0, 0.1) is 6.92 Å². The third-order valence-corrected chi connectivity index (χ3v) is 4.30. The summed E-state index contributed by atoms with van der Waals surface area (Å²) in [6, 6.07) is 7.71. The molecule has 0 radical (unpaired) electrons. The number of hydrogen-bond donors (Lipinski definition) is 0. The van der Waals surface area contributed by atoms with Crippen molar-refractivity contribution in [3.05, 3.63) is 35.5 Å². The Bertz CT molecular complexity index is 938. The maximum absolute atomic E-state index is 5.92. The molecule has 0 unspecified atom stereocenters. The van der Waals surface area contributed by atoms with Crippen molar-refractivity contribution in [1.29, 1.82) is 0 Å². The molecule has 0 aliphatic carbocycles. The molecule has 0 saturated carbocycles. The van der Waals surface area contributed by atoms with Gasteiger partial charge in [0.05, 0.1) is 18.2 Å². The predicted octanol–water partition coefficient (Wildman–Crippen LogP) is 3.54. The van der Waals surface area contributed by atoms with Crippen molar-refractivity contribution in [2.24, 2.45) is 0 Å². The SMILES string of the molecule is COCCOc1cccc2oc(-c3cn4nc(C)sc4n3)cc12. The molecule has 0 aliphatic rings. The van der Waals surface area contributed by atoms with Crippen LogP contribution in [0.3, 0.4) is 0 Å². The number of imidazole rings is 1. The van der Waals surface area contributed by atoms with Crippen molar-refractivity contribution >= 4 is 27.3 Å². The van der Waals surface area contributed by atoms with E-state index in [0.29, 0.717) is 19.0 Å². The Labute approximate surface area is 136 Å². The largest absolute Gasteiger partial charge is 0.490 e. The van der Waals surface area contributed by atoms with E-state index in [1.165, 1.54) is 0 Å². The number of fused-ring (bicyclic) bond motifs is 2. The molecule has 3 heterocycles. The highest BCUT2D eigenvalue weighted by Gasteiger charge is 2.14. The first-order chi connectivity index (χ1) is 11.2. The number of furan rings is 1.